The van der Waals surface area contributed by atoms with Gasteiger partial charge in [-0.25, -0.2) is 9.18 Å². The Labute approximate surface area is 94.5 Å². The second-order valence-electron chi connectivity index (χ2n) is 3.70. The number of carboxylic acids is 1. The fourth-order valence-electron chi connectivity index (χ4n) is 1.51. The molecule has 16 heavy (non-hydrogen) atoms. The highest BCUT2D eigenvalue weighted by molar-refractivity contribution is 5.89. The van der Waals surface area contributed by atoms with Crippen molar-refractivity contribution >= 4 is 5.97 Å². The average molecular weight is 225 g/mol. The fraction of sp³-hybridized carbons (Fsp3) is 0.417. The summed E-state index contributed by atoms with van der Waals surface area (Å²) in [6.07, 6.45) is 0.624. The van der Waals surface area contributed by atoms with Crippen molar-refractivity contribution in [3.8, 4) is 0 Å². The fourth-order valence-corrected chi connectivity index (χ4v) is 1.51. The molecule has 0 unspecified atom stereocenters. The van der Waals surface area contributed by atoms with Crippen molar-refractivity contribution in [2.24, 2.45) is 0 Å². The summed E-state index contributed by atoms with van der Waals surface area (Å²) in [4.78, 5) is 12.8. The minimum atomic E-state index is -0.913. The van der Waals surface area contributed by atoms with Crippen LogP contribution in [-0.4, -0.2) is 42.8 Å². The molecule has 1 rings (SSSR count). The van der Waals surface area contributed by atoms with Crippen LogP contribution in [0, 0.1) is 0 Å². The molecule has 1 N–H and O–H groups in total. The standard InChI is InChI=1S/C12H16FNO2/c1-14(9-7-13)8-6-10-4-2-3-5-11(10)12(15)16/h2-5H,6-9H2,1H3,(H,15,16). The van der Waals surface area contributed by atoms with Gasteiger partial charge in [0.05, 0.1) is 5.56 Å². The van der Waals surface area contributed by atoms with E-state index in [1.165, 1.54) is 0 Å². The van der Waals surface area contributed by atoms with E-state index in [1.807, 2.05) is 18.0 Å². The van der Waals surface area contributed by atoms with E-state index in [0.29, 0.717) is 25.1 Å². The van der Waals surface area contributed by atoms with Gasteiger partial charge in [-0.15, -0.1) is 0 Å². The molecule has 0 saturated heterocycles. The summed E-state index contributed by atoms with van der Waals surface area (Å²) in [5.41, 5.74) is 1.12. The average Bonchev–Trinajstić information content (AvgIpc) is 2.27. The van der Waals surface area contributed by atoms with Gasteiger partial charge in [-0.2, -0.15) is 0 Å². The lowest BCUT2D eigenvalue weighted by Gasteiger charge is -2.15. The molecule has 0 radical (unpaired) electrons. The largest absolute Gasteiger partial charge is 0.478 e. The quantitative estimate of drug-likeness (QED) is 0.803. The molecule has 1 aromatic carbocycles. The normalized spacial score (nSPS) is 10.7. The van der Waals surface area contributed by atoms with E-state index in [9.17, 15) is 9.18 Å². The predicted molar refractivity (Wildman–Crippen MR) is 60.6 cm³/mol. The van der Waals surface area contributed by atoms with Crippen molar-refractivity contribution in [2.45, 2.75) is 6.42 Å². The summed E-state index contributed by atoms with van der Waals surface area (Å²) in [6.45, 7) is 0.667. The highest BCUT2D eigenvalue weighted by Gasteiger charge is 2.09. The van der Waals surface area contributed by atoms with Gasteiger partial charge in [-0.05, 0) is 25.1 Å². The van der Waals surface area contributed by atoms with Crippen molar-refractivity contribution in [3.05, 3.63) is 35.4 Å². The minimum absolute atomic E-state index is 0.330. The summed E-state index contributed by atoms with van der Waals surface area (Å²) in [5, 5.41) is 8.96. The Kier molecular flexibility index (Phi) is 4.92. The van der Waals surface area contributed by atoms with E-state index in [4.69, 9.17) is 5.11 Å². The zero-order valence-electron chi connectivity index (χ0n) is 9.32. The van der Waals surface area contributed by atoms with Crippen LogP contribution in [0.4, 0.5) is 4.39 Å². The third kappa shape index (κ3) is 3.62. The molecule has 4 heteroatoms. The highest BCUT2D eigenvalue weighted by Crippen LogP contribution is 2.09. The van der Waals surface area contributed by atoms with Crippen molar-refractivity contribution in [1.82, 2.24) is 4.90 Å². The summed E-state index contributed by atoms with van der Waals surface area (Å²) < 4.78 is 12.0. The van der Waals surface area contributed by atoms with Gasteiger partial charge in [-0.1, -0.05) is 18.2 Å². The molecule has 3 nitrogen and oxygen atoms in total. The summed E-state index contributed by atoms with van der Waals surface area (Å²) >= 11 is 0. The van der Waals surface area contributed by atoms with Crippen LogP contribution in [0.5, 0.6) is 0 Å². The number of hydrogen-bond donors (Lipinski definition) is 1. The SMILES string of the molecule is CN(CCF)CCc1ccccc1C(=O)O. The Morgan fingerprint density at radius 2 is 2.06 bits per heavy atom. The maximum absolute atomic E-state index is 12.0. The van der Waals surface area contributed by atoms with E-state index >= 15 is 0 Å². The van der Waals surface area contributed by atoms with Gasteiger partial charge in [0.25, 0.3) is 0 Å². The maximum atomic E-state index is 12.0. The smallest absolute Gasteiger partial charge is 0.335 e. The number of carboxylic acid groups (broad SMARTS) is 1. The molecule has 1 aromatic rings. The van der Waals surface area contributed by atoms with Crippen molar-refractivity contribution in [3.63, 3.8) is 0 Å². The van der Waals surface area contributed by atoms with Crippen molar-refractivity contribution < 1.29 is 14.3 Å². The topological polar surface area (TPSA) is 40.5 Å². The third-order valence-corrected chi connectivity index (χ3v) is 2.48. The van der Waals surface area contributed by atoms with E-state index in [1.54, 1.807) is 18.2 Å². The van der Waals surface area contributed by atoms with Crippen molar-refractivity contribution in [1.29, 1.82) is 0 Å². The molecule has 0 aliphatic carbocycles. The third-order valence-electron chi connectivity index (χ3n) is 2.48. The molecule has 0 fully saturated rings. The molecule has 0 aliphatic heterocycles. The number of carbonyl (C=O) groups is 1. The Bertz CT molecular complexity index is 355. The number of nitrogens with zero attached hydrogens (tertiary/aromatic N) is 1. The molecular formula is C12H16FNO2. The van der Waals surface area contributed by atoms with Crippen LogP contribution in [0.3, 0.4) is 0 Å². The van der Waals surface area contributed by atoms with Crippen LogP contribution < -0.4 is 0 Å². The monoisotopic (exact) mass is 225 g/mol. The van der Waals surface area contributed by atoms with Crippen LogP contribution >= 0.6 is 0 Å². The number of hydrogen-bond acceptors (Lipinski definition) is 2. The molecule has 0 aromatic heterocycles. The van der Waals surface area contributed by atoms with Crippen LogP contribution in [0.15, 0.2) is 24.3 Å². The summed E-state index contributed by atoms with van der Waals surface area (Å²) in [6, 6.07) is 6.91. The van der Waals surface area contributed by atoms with Gasteiger partial charge in [0.1, 0.15) is 6.67 Å². The Balaban J connectivity index is 2.63. The zero-order chi connectivity index (χ0) is 12.0. The Morgan fingerprint density at radius 1 is 1.38 bits per heavy atom. The molecular weight excluding hydrogens is 209 g/mol. The Hall–Kier alpha value is -1.42. The van der Waals surface area contributed by atoms with Crippen molar-refractivity contribution in [2.75, 3.05) is 26.8 Å². The van der Waals surface area contributed by atoms with Gasteiger partial charge >= 0.3 is 5.97 Å². The summed E-state index contributed by atoms with van der Waals surface area (Å²) in [5.74, 6) is -0.913. The second kappa shape index (κ2) is 6.23. The van der Waals surface area contributed by atoms with E-state index in [0.717, 1.165) is 5.56 Å². The molecule has 0 amide bonds. The molecule has 0 saturated carbocycles. The lowest BCUT2D eigenvalue weighted by molar-refractivity contribution is 0.0695. The first-order valence-corrected chi connectivity index (χ1v) is 5.21. The van der Waals surface area contributed by atoms with Crippen LogP contribution in [0.2, 0.25) is 0 Å². The molecule has 0 bridgehead atoms. The first kappa shape index (κ1) is 12.6. The van der Waals surface area contributed by atoms with Crippen LogP contribution in [0.1, 0.15) is 15.9 Å². The number of aromatic carboxylic acids is 1. The molecule has 88 valence electrons. The molecule has 0 heterocycles. The second-order valence-corrected chi connectivity index (χ2v) is 3.70. The number of likely N-dealkylation sites (N-methyl/N-ethyl adjacent to an activating group) is 1. The first-order valence-electron chi connectivity index (χ1n) is 5.21. The van der Waals surface area contributed by atoms with Crippen LogP contribution in [0.25, 0.3) is 0 Å². The first-order chi connectivity index (χ1) is 7.65. The Morgan fingerprint density at radius 3 is 2.69 bits per heavy atom. The predicted octanol–water partition coefficient (Wildman–Crippen LogP) is 1.83. The maximum Gasteiger partial charge on any atom is 0.335 e. The van der Waals surface area contributed by atoms with Gasteiger partial charge in [0.15, 0.2) is 0 Å². The number of halogens is 1. The molecule has 0 aliphatic rings. The molecule has 0 atom stereocenters. The lowest BCUT2D eigenvalue weighted by Crippen LogP contribution is -2.24. The number of alkyl halides is 1. The minimum Gasteiger partial charge on any atom is -0.478 e. The van der Waals surface area contributed by atoms with Gasteiger partial charge in [-0.3, -0.25) is 0 Å². The van der Waals surface area contributed by atoms with Crippen LogP contribution in [-0.2, 0) is 6.42 Å². The highest BCUT2D eigenvalue weighted by atomic mass is 19.1. The van der Waals surface area contributed by atoms with Gasteiger partial charge in [0.2, 0.25) is 0 Å². The number of rotatable bonds is 6. The van der Waals surface area contributed by atoms with E-state index in [2.05, 4.69) is 0 Å². The lowest BCUT2D eigenvalue weighted by atomic mass is 10.0. The molecule has 0 spiro atoms. The zero-order valence-corrected chi connectivity index (χ0v) is 9.32. The van der Waals surface area contributed by atoms with E-state index < -0.39 is 5.97 Å². The summed E-state index contributed by atoms with van der Waals surface area (Å²) in [7, 11) is 1.82. The van der Waals surface area contributed by atoms with Gasteiger partial charge < -0.3 is 10.0 Å². The number of benzene rings is 1. The van der Waals surface area contributed by atoms with E-state index in [-0.39, 0.29) is 6.67 Å². The van der Waals surface area contributed by atoms with Gasteiger partial charge in [0, 0.05) is 13.1 Å².